The molecule has 4 heterocycles. The number of aliphatic hydroxyl groups excluding tert-OH is 1. The van der Waals surface area contributed by atoms with Crippen LogP contribution in [0, 0.1) is 5.41 Å². The third kappa shape index (κ3) is 7.18. The minimum Gasteiger partial charge on any atom is -0.392 e. The van der Waals surface area contributed by atoms with Crippen LogP contribution in [0.25, 0.3) is 11.1 Å². The van der Waals surface area contributed by atoms with Crippen molar-refractivity contribution in [1.82, 2.24) is 19.0 Å². The van der Waals surface area contributed by atoms with Crippen LogP contribution in [0.2, 0.25) is 0 Å². The molecule has 1 amide bonds. The molecule has 3 aromatic heterocycles. The number of amidine groups is 1. The van der Waals surface area contributed by atoms with Crippen molar-refractivity contribution in [2.45, 2.75) is 73.1 Å². The van der Waals surface area contributed by atoms with Gasteiger partial charge in [-0.25, -0.2) is 4.98 Å². The molecule has 258 valence electrons. The van der Waals surface area contributed by atoms with E-state index in [9.17, 15) is 14.7 Å². The Hall–Kier alpha value is -4.06. The standard InChI is InChI=1S/C37H51N7O4/c1-9-12-42(25(3)23-48-8)20-24(2)15-33(38-6)40-30-16-27(21-41(7)35(30)46)28-10-11-39-34(29(28)22-45)44-14-13-43-31(36(44)47)17-26-18-37(4,5)19-32(26)43/h10-11,15-17,21,25,45H,9,12-14,18-20,22-23H2,1-8H3,(H,38,40)/b24-15+/t25-/m0/s1. The van der Waals surface area contributed by atoms with Crippen molar-refractivity contribution >= 4 is 23.2 Å². The highest BCUT2D eigenvalue weighted by Crippen LogP contribution is 2.40. The summed E-state index contributed by atoms with van der Waals surface area (Å²) in [5, 5.41) is 13.9. The van der Waals surface area contributed by atoms with E-state index in [4.69, 9.17) is 4.74 Å². The lowest BCUT2D eigenvalue weighted by Gasteiger charge is -2.31. The van der Waals surface area contributed by atoms with Crippen molar-refractivity contribution in [3.63, 3.8) is 0 Å². The van der Waals surface area contributed by atoms with Gasteiger partial charge in [-0.2, -0.15) is 0 Å². The Morgan fingerprint density at radius 3 is 2.71 bits per heavy atom. The topological polar surface area (TPSA) is 117 Å². The maximum atomic E-state index is 13.9. The number of fused-ring (bicyclic) bond motifs is 3. The average molecular weight is 658 g/mol. The van der Waals surface area contributed by atoms with Crippen LogP contribution in [-0.2, 0) is 37.8 Å². The number of nitrogens with zero attached hydrogens (tertiary/aromatic N) is 6. The Balaban J connectivity index is 1.43. The molecule has 3 aromatic rings. The van der Waals surface area contributed by atoms with Crippen LogP contribution in [0.4, 0.5) is 11.5 Å². The highest BCUT2D eigenvalue weighted by Gasteiger charge is 2.37. The van der Waals surface area contributed by atoms with Gasteiger partial charge in [-0.05, 0) is 80.5 Å². The van der Waals surface area contributed by atoms with Gasteiger partial charge in [0.2, 0.25) is 0 Å². The number of nitrogens with one attached hydrogen (secondary N) is 1. The molecule has 48 heavy (non-hydrogen) atoms. The molecule has 0 bridgehead atoms. The van der Waals surface area contributed by atoms with Gasteiger partial charge >= 0.3 is 0 Å². The van der Waals surface area contributed by atoms with Crippen LogP contribution in [0.3, 0.4) is 0 Å². The van der Waals surface area contributed by atoms with Crippen LogP contribution in [0.5, 0.6) is 0 Å². The van der Waals surface area contributed by atoms with E-state index in [0.29, 0.717) is 59.4 Å². The number of aliphatic hydroxyl groups is 1. The lowest BCUT2D eigenvalue weighted by Crippen LogP contribution is -2.41. The molecule has 0 radical (unpaired) electrons. The molecule has 1 aliphatic carbocycles. The summed E-state index contributed by atoms with van der Waals surface area (Å²) in [4.78, 5) is 40.3. The van der Waals surface area contributed by atoms with Gasteiger partial charge in [-0.1, -0.05) is 26.3 Å². The van der Waals surface area contributed by atoms with Crippen molar-refractivity contribution in [1.29, 1.82) is 0 Å². The summed E-state index contributed by atoms with van der Waals surface area (Å²) in [6.45, 7) is 14.1. The lowest BCUT2D eigenvalue weighted by atomic mass is 9.90. The summed E-state index contributed by atoms with van der Waals surface area (Å²) in [5.41, 5.74) is 6.56. The number of amides is 1. The number of methoxy groups -OCH3 is 1. The number of aliphatic imine (C=N–C) groups is 1. The number of aryl methyl sites for hydroxylation is 1. The van der Waals surface area contributed by atoms with E-state index < -0.39 is 0 Å². The van der Waals surface area contributed by atoms with E-state index in [1.807, 2.05) is 18.2 Å². The number of ether oxygens (including phenoxy) is 1. The molecule has 2 N–H and O–H groups in total. The molecule has 5 rings (SSSR count). The monoisotopic (exact) mass is 657 g/mol. The minimum atomic E-state index is -0.320. The zero-order valence-electron chi connectivity index (χ0n) is 29.8. The fraction of sp³-hybridized carbons (Fsp3) is 0.514. The normalized spacial score (nSPS) is 16.8. The zero-order valence-corrected chi connectivity index (χ0v) is 29.8. The average Bonchev–Trinajstić information content (AvgIpc) is 3.54. The molecule has 0 saturated carbocycles. The quantitative estimate of drug-likeness (QED) is 0.215. The maximum absolute atomic E-state index is 13.9. The summed E-state index contributed by atoms with van der Waals surface area (Å²) in [6, 6.07) is 5.89. The Kier molecular flexibility index (Phi) is 10.7. The van der Waals surface area contributed by atoms with Gasteiger partial charge in [0.1, 0.15) is 23.0 Å². The van der Waals surface area contributed by atoms with E-state index in [1.54, 1.807) is 44.6 Å². The molecule has 0 saturated heterocycles. The number of hydrogen-bond acceptors (Lipinski definition) is 7. The van der Waals surface area contributed by atoms with E-state index >= 15 is 0 Å². The van der Waals surface area contributed by atoms with Gasteiger partial charge in [0, 0.05) is 76.1 Å². The van der Waals surface area contributed by atoms with Crippen molar-refractivity contribution < 1.29 is 14.6 Å². The molecule has 0 spiro atoms. The Bertz CT molecular complexity index is 1780. The first-order valence-corrected chi connectivity index (χ1v) is 16.9. The van der Waals surface area contributed by atoms with Gasteiger partial charge in [0.15, 0.2) is 0 Å². The van der Waals surface area contributed by atoms with Crippen LogP contribution >= 0.6 is 0 Å². The number of carbonyl (C=O) groups is 1. The molecule has 0 fully saturated rings. The first kappa shape index (κ1) is 35.3. The summed E-state index contributed by atoms with van der Waals surface area (Å²) in [6.07, 6.45) is 8.31. The van der Waals surface area contributed by atoms with Crippen LogP contribution in [0.15, 0.2) is 52.0 Å². The van der Waals surface area contributed by atoms with Gasteiger partial charge in [-0.3, -0.25) is 24.4 Å². The number of carbonyl (C=O) groups excluding carboxylic acids is 1. The maximum Gasteiger partial charge on any atom is 0.276 e. The second-order valence-electron chi connectivity index (χ2n) is 14.0. The van der Waals surface area contributed by atoms with Crippen LogP contribution < -0.4 is 15.8 Å². The van der Waals surface area contributed by atoms with Crippen molar-refractivity contribution in [3.05, 3.63) is 75.1 Å². The zero-order chi connectivity index (χ0) is 34.7. The van der Waals surface area contributed by atoms with Gasteiger partial charge < -0.3 is 24.3 Å². The number of pyridine rings is 2. The molecule has 11 nitrogen and oxygen atoms in total. The van der Waals surface area contributed by atoms with Gasteiger partial charge in [0.25, 0.3) is 11.5 Å². The van der Waals surface area contributed by atoms with Crippen LogP contribution in [0.1, 0.15) is 68.3 Å². The third-order valence-electron chi connectivity index (χ3n) is 9.45. The molecule has 1 atom stereocenters. The predicted octanol–water partition coefficient (Wildman–Crippen LogP) is 4.66. The number of aromatic nitrogens is 3. The summed E-state index contributed by atoms with van der Waals surface area (Å²) >= 11 is 0. The van der Waals surface area contributed by atoms with Crippen LogP contribution in [-0.4, -0.2) is 82.3 Å². The highest BCUT2D eigenvalue weighted by molar-refractivity contribution is 6.06. The van der Waals surface area contributed by atoms with Crippen molar-refractivity contribution in [2.75, 3.05) is 50.6 Å². The summed E-state index contributed by atoms with van der Waals surface area (Å²) in [5.74, 6) is 0.883. The predicted molar refractivity (Wildman–Crippen MR) is 192 cm³/mol. The van der Waals surface area contributed by atoms with E-state index in [2.05, 4.69) is 59.4 Å². The fourth-order valence-electron chi connectivity index (χ4n) is 7.18. The Morgan fingerprint density at radius 1 is 1.25 bits per heavy atom. The van der Waals surface area contributed by atoms with Crippen molar-refractivity contribution in [3.8, 4) is 11.1 Å². The van der Waals surface area contributed by atoms with E-state index in [1.165, 1.54) is 15.8 Å². The number of rotatable bonds is 12. The fourth-order valence-corrected chi connectivity index (χ4v) is 7.18. The number of anilines is 2. The molecule has 2 aliphatic rings. The first-order chi connectivity index (χ1) is 22.9. The molecule has 11 heteroatoms. The molecule has 0 aromatic carbocycles. The second kappa shape index (κ2) is 14.6. The molecular formula is C37H51N7O4. The Labute approximate surface area is 284 Å². The molecular weight excluding hydrogens is 606 g/mol. The molecule has 1 aliphatic heterocycles. The SMILES string of the molecule is CCCN(C/C(C)=C/C(=NC)Nc1cc(-c2ccnc(N3CCn4c(cc5c4CC(C)(C)C5)C3=O)c2CO)cn(C)c1=O)[C@@H](C)COC. The smallest absolute Gasteiger partial charge is 0.276 e. The Morgan fingerprint density at radius 2 is 2.02 bits per heavy atom. The number of hydrogen-bond donors (Lipinski definition) is 2. The van der Waals surface area contributed by atoms with Gasteiger partial charge in [-0.15, -0.1) is 0 Å². The van der Waals surface area contributed by atoms with Gasteiger partial charge in [0.05, 0.1) is 13.2 Å². The van der Waals surface area contributed by atoms with E-state index in [-0.39, 0.29) is 29.5 Å². The minimum absolute atomic E-state index is 0.115. The third-order valence-corrected chi connectivity index (χ3v) is 9.45. The van der Waals surface area contributed by atoms with E-state index in [0.717, 1.165) is 37.9 Å². The van der Waals surface area contributed by atoms with Crippen molar-refractivity contribution in [2.24, 2.45) is 17.5 Å². The molecule has 0 unspecified atom stereocenters. The highest BCUT2D eigenvalue weighted by atomic mass is 16.5. The summed E-state index contributed by atoms with van der Waals surface area (Å²) < 4.78 is 9.07. The second-order valence-corrected chi connectivity index (χ2v) is 14.0. The lowest BCUT2D eigenvalue weighted by molar-refractivity contribution is 0.0962. The largest absolute Gasteiger partial charge is 0.392 e. The summed E-state index contributed by atoms with van der Waals surface area (Å²) in [7, 11) is 5.11. The first-order valence-electron chi connectivity index (χ1n) is 16.9.